The molecule has 1 saturated heterocycles. The number of nitrogens with zero attached hydrogens (tertiary/aromatic N) is 5. The molecule has 158 valence electrons. The minimum Gasteiger partial charge on any atom is -0.457 e. The van der Waals surface area contributed by atoms with Gasteiger partial charge in [0.15, 0.2) is 12.2 Å². The normalized spacial score (nSPS) is 22.8. The van der Waals surface area contributed by atoms with Crippen molar-refractivity contribution in [2.75, 3.05) is 19.0 Å². The first-order chi connectivity index (χ1) is 14.9. The van der Waals surface area contributed by atoms with E-state index in [1.54, 1.807) is 7.05 Å². The van der Waals surface area contributed by atoms with Crippen LogP contribution in [0.15, 0.2) is 71.0 Å². The molecular weight excluding hydrogens is 394 g/mol. The summed E-state index contributed by atoms with van der Waals surface area (Å²) < 4.78 is 5.89. The number of aliphatic imine (C=N–C) groups is 1. The Bertz CT molecular complexity index is 1130. The van der Waals surface area contributed by atoms with Crippen LogP contribution in [0, 0.1) is 0 Å². The molecule has 0 spiro atoms. The van der Waals surface area contributed by atoms with E-state index in [-0.39, 0.29) is 11.9 Å². The van der Waals surface area contributed by atoms with Gasteiger partial charge in [0.1, 0.15) is 11.5 Å². The molecule has 0 N–H and O–H groups in total. The van der Waals surface area contributed by atoms with E-state index in [4.69, 9.17) is 9.73 Å². The summed E-state index contributed by atoms with van der Waals surface area (Å²) in [5, 5.41) is 0. The van der Waals surface area contributed by atoms with Crippen LogP contribution in [0.25, 0.3) is 0 Å². The number of hydrogen-bond donors (Lipinski definition) is 0. The van der Waals surface area contributed by atoms with E-state index in [1.165, 1.54) is 16.8 Å². The van der Waals surface area contributed by atoms with Crippen molar-refractivity contribution in [1.29, 1.82) is 0 Å². The predicted octanol–water partition coefficient (Wildman–Crippen LogP) is 3.44. The van der Waals surface area contributed by atoms with Crippen LogP contribution in [0.3, 0.4) is 0 Å². The number of hydrogen-bond acceptors (Lipinski definition) is 6. The molecule has 0 aromatic heterocycles. The third-order valence-corrected chi connectivity index (χ3v) is 6.09. The first kappa shape index (κ1) is 19.2. The number of guanidine groups is 1. The Morgan fingerprint density at radius 3 is 2.19 bits per heavy atom. The van der Waals surface area contributed by atoms with Crippen LogP contribution >= 0.6 is 0 Å². The van der Waals surface area contributed by atoms with E-state index in [2.05, 4.69) is 0 Å². The van der Waals surface area contributed by atoms with Gasteiger partial charge in [-0.05, 0) is 50.2 Å². The molecule has 0 aliphatic carbocycles. The molecule has 2 atom stereocenters. The van der Waals surface area contributed by atoms with Crippen LogP contribution < -0.4 is 9.64 Å². The van der Waals surface area contributed by atoms with E-state index >= 15 is 0 Å². The van der Waals surface area contributed by atoms with Crippen LogP contribution in [0.5, 0.6) is 11.5 Å². The number of anilines is 1. The van der Waals surface area contributed by atoms with Gasteiger partial charge >= 0.3 is 6.03 Å². The van der Waals surface area contributed by atoms with Crippen LogP contribution in [0.2, 0.25) is 0 Å². The Morgan fingerprint density at radius 2 is 1.52 bits per heavy atom. The smallest absolute Gasteiger partial charge is 0.328 e. The summed E-state index contributed by atoms with van der Waals surface area (Å²) in [7, 11) is 3.20. The number of rotatable bonds is 3. The van der Waals surface area contributed by atoms with Gasteiger partial charge in [0.25, 0.3) is 5.91 Å². The summed E-state index contributed by atoms with van der Waals surface area (Å²) in [6.07, 6.45) is -0.544. The van der Waals surface area contributed by atoms with Gasteiger partial charge in [-0.2, -0.15) is 0 Å². The Kier molecular flexibility index (Phi) is 4.25. The van der Waals surface area contributed by atoms with E-state index in [9.17, 15) is 9.59 Å². The lowest BCUT2D eigenvalue weighted by Crippen LogP contribution is -2.63. The quantitative estimate of drug-likeness (QED) is 0.765. The van der Waals surface area contributed by atoms with Gasteiger partial charge in [0.2, 0.25) is 5.96 Å². The minimum absolute atomic E-state index is 0.243. The number of benzene rings is 2. The van der Waals surface area contributed by atoms with Crippen LogP contribution in [-0.4, -0.2) is 58.9 Å². The zero-order valence-corrected chi connectivity index (χ0v) is 17.8. The number of para-hydroxylation sites is 1. The highest BCUT2D eigenvalue weighted by Crippen LogP contribution is 2.40. The summed E-state index contributed by atoms with van der Waals surface area (Å²) in [4.78, 5) is 36.8. The molecule has 0 saturated carbocycles. The van der Waals surface area contributed by atoms with Crippen molar-refractivity contribution in [3.05, 3.63) is 66.0 Å². The molecule has 0 radical (unpaired) electrons. The van der Waals surface area contributed by atoms with Crippen molar-refractivity contribution in [3.8, 4) is 11.5 Å². The molecule has 8 heteroatoms. The van der Waals surface area contributed by atoms with Crippen LogP contribution in [-0.2, 0) is 4.79 Å². The number of ether oxygens (including phenoxy) is 1. The first-order valence-corrected chi connectivity index (χ1v) is 10.1. The molecule has 3 heterocycles. The zero-order chi connectivity index (χ0) is 21.9. The Labute approximate surface area is 180 Å². The second-order valence-corrected chi connectivity index (χ2v) is 7.86. The molecule has 2 unspecified atom stereocenters. The summed E-state index contributed by atoms with van der Waals surface area (Å²) in [6, 6.07) is 16.5. The molecule has 3 amide bonds. The second kappa shape index (κ2) is 6.87. The van der Waals surface area contributed by atoms with Crippen molar-refractivity contribution in [2.45, 2.75) is 26.1 Å². The van der Waals surface area contributed by atoms with Gasteiger partial charge in [-0.3, -0.25) is 19.5 Å². The SMILES string of the molecule is CC1=C(C)N2C(=NC3C2C(=O)N(C)C(=O)N3C)N1c1ccc(Oc2ccccc2)cc1. The van der Waals surface area contributed by atoms with Crippen molar-refractivity contribution >= 4 is 23.6 Å². The summed E-state index contributed by atoms with van der Waals surface area (Å²) >= 11 is 0. The third kappa shape index (κ3) is 2.78. The van der Waals surface area contributed by atoms with Gasteiger partial charge < -0.3 is 9.64 Å². The van der Waals surface area contributed by atoms with Crippen molar-refractivity contribution in [3.63, 3.8) is 0 Å². The first-order valence-electron chi connectivity index (χ1n) is 10.1. The number of allylic oxidation sites excluding steroid dienone is 2. The second-order valence-electron chi connectivity index (χ2n) is 7.86. The summed E-state index contributed by atoms with van der Waals surface area (Å²) in [5.74, 6) is 1.92. The maximum Gasteiger partial charge on any atom is 0.328 e. The molecule has 2 aromatic carbocycles. The molecule has 0 bridgehead atoms. The molecule has 5 rings (SSSR count). The largest absolute Gasteiger partial charge is 0.457 e. The van der Waals surface area contributed by atoms with Crippen molar-refractivity contribution < 1.29 is 14.3 Å². The number of urea groups is 1. The molecule has 8 nitrogen and oxygen atoms in total. The lowest BCUT2D eigenvalue weighted by Gasteiger charge is -2.39. The predicted molar refractivity (Wildman–Crippen MR) is 117 cm³/mol. The Balaban J connectivity index is 1.47. The highest BCUT2D eigenvalue weighted by molar-refractivity contribution is 6.10. The highest BCUT2D eigenvalue weighted by atomic mass is 16.5. The number of carbonyl (C=O) groups excluding carboxylic acids is 2. The van der Waals surface area contributed by atoms with Crippen LogP contribution in [0.1, 0.15) is 13.8 Å². The van der Waals surface area contributed by atoms with Gasteiger partial charge in [0.05, 0.1) is 0 Å². The lowest BCUT2D eigenvalue weighted by molar-refractivity contribution is -0.135. The van der Waals surface area contributed by atoms with Crippen molar-refractivity contribution in [1.82, 2.24) is 14.7 Å². The topological polar surface area (TPSA) is 68.7 Å². The fourth-order valence-corrected chi connectivity index (χ4v) is 4.29. The molecule has 1 fully saturated rings. The Morgan fingerprint density at radius 1 is 0.871 bits per heavy atom. The average Bonchev–Trinajstić information content (AvgIpc) is 3.28. The number of amides is 3. The maximum absolute atomic E-state index is 12.9. The minimum atomic E-state index is -0.552. The van der Waals surface area contributed by atoms with E-state index in [1.807, 2.05) is 78.2 Å². The number of fused-ring (bicyclic) bond motifs is 3. The summed E-state index contributed by atoms with van der Waals surface area (Å²) in [6.45, 7) is 3.98. The molecular formula is C23H23N5O3. The van der Waals surface area contributed by atoms with Gasteiger partial charge in [-0.15, -0.1) is 0 Å². The van der Waals surface area contributed by atoms with E-state index < -0.39 is 12.2 Å². The monoisotopic (exact) mass is 417 g/mol. The maximum atomic E-state index is 12.9. The summed E-state index contributed by atoms with van der Waals surface area (Å²) in [5.41, 5.74) is 2.84. The fourth-order valence-electron chi connectivity index (χ4n) is 4.29. The van der Waals surface area contributed by atoms with Crippen LogP contribution in [0.4, 0.5) is 10.5 Å². The standard InChI is InChI=1S/C23H23N5O3/c1-14-15(2)28-19-20(25(3)23(30)26(4)21(19)29)24-22(28)27(14)16-10-12-18(13-11-16)31-17-8-6-5-7-9-17/h5-13,19-20H,1-4H3. The third-order valence-electron chi connectivity index (χ3n) is 6.09. The number of imide groups is 1. The van der Waals surface area contributed by atoms with Crippen molar-refractivity contribution in [2.24, 2.45) is 4.99 Å². The van der Waals surface area contributed by atoms with Gasteiger partial charge in [-0.1, -0.05) is 18.2 Å². The van der Waals surface area contributed by atoms with E-state index in [0.29, 0.717) is 5.96 Å². The Hall–Kier alpha value is -3.81. The highest BCUT2D eigenvalue weighted by Gasteiger charge is 2.55. The lowest BCUT2D eigenvalue weighted by atomic mass is 10.1. The average molecular weight is 417 g/mol. The molecule has 3 aliphatic rings. The molecule has 2 aromatic rings. The zero-order valence-electron chi connectivity index (χ0n) is 17.8. The van der Waals surface area contributed by atoms with Gasteiger partial charge in [0, 0.05) is 31.2 Å². The van der Waals surface area contributed by atoms with E-state index in [0.717, 1.165) is 28.6 Å². The van der Waals surface area contributed by atoms with Gasteiger partial charge in [-0.25, -0.2) is 9.79 Å². The molecule has 31 heavy (non-hydrogen) atoms. The molecule has 3 aliphatic heterocycles. The number of likely N-dealkylation sites (N-methyl/N-ethyl adjacent to an activating group) is 2. The fraction of sp³-hybridized carbons (Fsp3) is 0.261. The number of carbonyl (C=O) groups is 2.